The molecule has 20 heavy (non-hydrogen) atoms. The number of rotatable bonds is 4. The summed E-state index contributed by atoms with van der Waals surface area (Å²) in [7, 11) is 1.96. The second-order valence-electron chi connectivity index (χ2n) is 4.77. The van der Waals surface area contributed by atoms with Gasteiger partial charge in [0, 0.05) is 5.56 Å². The van der Waals surface area contributed by atoms with Gasteiger partial charge in [0.15, 0.2) is 0 Å². The molecule has 0 saturated heterocycles. The Morgan fingerprint density at radius 2 is 1.50 bits per heavy atom. The highest BCUT2D eigenvalue weighted by molar-refractivity contribution is 5.63. The molecule has 2 heteroatoms. The number of benzene rings is 2. The summed E-state index contributed by atoms with van der Waals surface area (Å²) in [5.74, 6) is 0. The van der Waals surface area contributed by atoms with Gasteiger partial charge in [0.1, 0.15) is 0 Å². The van der Waals surface area contributed by atoms with Crippen molar-refractivity contribution in [2.75, 3.05) is 7.05 Å². The van der Waals surface area contributed by atoms with Crippen molar-refractivity contribution >= 4 is 0 Å². The number of hydrogen-bond acceptors (Lipinski definition) is 2. The second kappa shape index (κ2) is 5.76. The van der Waals surface area contributed by atoms with Crippen molar-refractivity contribution in [3.8, 4) is 11.1 Å². The first-order valence-corrected chi connectivity index (χ1v) is 6.73. The van der Waals surface area contributed by atoms with Crippen LogP contribution in [0.3, 0.4) is 0 Å². The van der Waals surface area contributed by atoms with Gasteiger partial charge in [0.05, 0.1) is 18.6 Å². The third-order valence-electron chi connectivity index (χ3n) is 3.52. The van der Waals surface area contributed by atoms with Crippen molar-refractivity contribution in [1.29, 1.82) is 0 Å². The minimum atomic E-state index is 0.165. The Bertz CT molecular complexity index is 642. The van der Waals surface area contributed by atoms with E-state index >= 15 is 0 Å². The zero-order chi connectivity index (χ0) is 13.8. The molecule has 1 atom stereocenters. The summed E-state index contributed by atoms with van der Waals surface area (Å²) in [5, 5.41) is 3.32. The van der Waals surface area contributed by atoms with Gasteiger partial charge >= 0.3 is 0 Å². The van der Waals surface area contributed by atoms with Crippen LogP contribution in [0.5, 0.6) is 0 Å². The van der Waals surface area contributed by atoms with E-state index in [2.05, 4.69) is 53.8 Å². The van der Waals surface area contributed by atoms with Gasteiger partial charge in [-0.1, -0.05) is 54.6 Å². The minimum Gasteiger partial charge on any atom is -0.472 e. The van der Waals surface area contributed by atoms with Gasteiger partial charge < -0.3 is 9.73 Å². The summed E-state index contributed by atoms with van der Waals surface area (Å²) in [6.45, 7) is 0. The van der Waals surface area contributed by atoms with Crippen LogP contribution in [0.25, 0.3) is 11.1 Å². The Morgan fingerprint density at radius 3 is 2.10 bits per heavy atom. The molecule has 100 valence electrons. The van der Waals surface area contributed by atoms with Crippen molar-refractivity contribution < 1.29 is 4.42 Å². The maximum absolute atomic E-state index is 5.17. The molecule has 2 nitrogen and oxygen atoms in total. The molecule has 0 saturated carbocycles. The molecule has 2 aromatic carbocycles. The van der Waals surface area contributed by atoms with Crippen LogP contribution in [0.15, 0.2) is 77.6 Å². The first kappa shape index (κ1) is 12.7. The molecule has 0 spiro atoms. The lowest BCUT2D eigenvalue weighted by atomic mass is 9.98. The lowest BCUT2D eigenvalue weighted by Gasteiger charge is -2.15. The summed E-state index contributed by atoms with van der Waals surface area (Å²) in [6.07, 6.45) is 3.49. The largest absolute Gasteiger partial charge is 0.472 e. The van der Waals surface area contributed by atoms with Gasteiger partial charge in [0.25, 0.3) is 0 Å². The highest BCUT2D eigenvalue weighted by Gasteiger charge is 2.12. The smallest absolute Gasteiger partial charge is 0.0953 e. The van der Waals surface area contributed by atoms with Crippen molar-refractivity contribution in [3.05, 3.63) is 84.3 Å². The van der Waals surface area contributed by atoms with E-state index < -0.39 is 0 Å². The normalized spacial score (nSPS) is 12.2. The first-order valence-electron chi connectivity index (χ1n) is 6.73. The standard InChI is InChI=1S/C18H17NO/c1-19-18(17-11-12-20-13-17)16-9-7-15(8-10-16)14-5-3-2-4-6-14/h2-13,18-19H,1H3. The third-order valence-corrected chi connectivity index (χ3v) is 3.52. The second-order valence-corrected chi connectivity index (χ2v) is 4.77. The van der Waals surface area contributed by atoms with Gasteiger partial charge in [-0.15, -0.1) is 0 Å². The molecule has 0 aliphatic heterocycles. The summed E-state index contributed by atoms with van der Waals surface area (Å²) >= 11 is 0. The van der Waals surface area contributed by atoms with Crippen LogP contribution >= 0.6 is 0 Å². The zero-order valence-corrected chi connectivity index (χ0v) is 11.4. The van der Waals surface area contributed by atoms with E-state index in [0.717, 1.165) is 5.56 Å². The molecule has 0 aliphatic rings. The molecule has 1 aromatic heterocycles. The molecule has 0 radical (unpaired) electrons. The molecular weight excluding hydrogens is 246 g/mol. The predicted octanol–water partition coefficient (Wildman–Crippen LogP) is 4.26. The summed E-state index contributed by atoms with van der Waals surface area (Å²) in [4.78, 5) is 0. The Balaban J connectivity index is 1.89. The Morgan fingerprint density at radius 1 is 0.800 bits per heavy atom. The molecule has 0 fully saturated rings. The Kier molecular flexibility index (Phi) is 3.66. The molecular formula is C18H17NO. The van der Waals surface area contributed by atoms with Crippen LogP contribution in [0, 0.1) is 0 Å². The fourth-order valence-electron chi connectivity index (χ4n) is 2.46. The van der Waals surface area contributed by atoms with Crippen LogP contribution in [0.2, 0.25) is 0 Å². The van der Waals surface area contributed by atoms with Crippen molar-refractivity contribution in [2.24, 2.45) is 0 Å². The van der Waals surface area contributed by atoms with Crippen molar-refractivity contribution in [3.63, 3.8) is 0 Å². The van der Waals surface area contributed by atoms with Gasteiger partial charge in [-0.3, -0.25) is 0 Å². The summed E-state index contributed by atoms with van der Waals surface area (Å²) in [5.41, 5.74) is 4.84. The molecule has 0 bridgehead atoms. The van der Waals surface area contributed by atoms with E-state index in [1.807, 2.05) is 19.2 Å². The SMILES string of the molecule is CNC(c1ccc(-c2ccccc2)cc1)c1ccoc1. The lowest BCUT2D eigenvalue weighted by Crippen LogP contribution is -2.16. The molecule has 1 N–H and O–H groups in total. The lowest BCUT2D eigenvalue weighted by molar-refractivity contribution is 0.557. The van der Waals surface area contributed by atoms with Crippen LogP contribution in [-0.4, -0.2) is 7.05 Å². The molecule has 0 aliphatic carbocycles. The maximum atomic E-state index is 5.17. The van der Waals surface area contributed by atoms with E-state index in [1.165, 1.54) is 16.7 Å². The average Bonchev–Trinajstić information content (AvgIpc) is 3.04. The van der Waals surface area contributed by atoms with Crippen LogP contribution in [-0.2, 0) is 0 Å². The fraction of sp³-hybridized carbons (Fsp3) is 0.111. The van der Waals surface area contributed by atoms with E-state index in [4.69, 9.17) is 4.42 Å². The number of nitrogens with one attached hydrogen (secondary N) is 1. The van der Waals surface area contributed by atoms with E-state index in [9.17, 15) is 0 Å². The van der Waals surface area contributed by atoms with Crippen LogP contribution in [0.1, 0.15) is 17.2 Å². The van der Waals surface area contributed by atoms with E-state index in [0.29, 0.717) is 0 Å². The highest BCUT2D eigenvalue weighted by Crippen LogP contribution is 2.25. The average molecular weight is 263 g/mol. The molecule has 3 rings (SSSR count). The van der Waals surface area contributed by atoms with E-state index in [-0.39, 0.29) is 6.04 Å². The van der Waals surface area contributed by atoms with Gasteiger partial charge in [-0.25, -0.2) is 0 Å². The summed E-state index contributed by atoms with van der Waals surface area (Å²) < 4.78 is 5.17. The first-order chi connectivity index (χ1) is 9.88. The highest BCUT2D eigenvalue weighted by atomic mass is 16.3. The Labute approximate surface area is 119 Å². The minimum absolute atomic E-state index is 0.165. The maximum Gasteiger partial charge on any atom is 0.0953 e. The van der Waals surface area contributed by atoms with Gasteiger partial charge in [0.2, 0.25) is 0 Å². The third kappa shape index (κ3) is 2.51. The zero-order valence-electron chi connectivity index (χ0n) is 11.4. The van der Waals surface area contributed by atoms with Crippen molar-refractivity contribution in [2.45, 2.75) is 6.04 Å². The molecule has 1 heterocycles. The monoisotopic (exact) mass is 263 g/mol. The summed E-state index contributed by atoms with van der Waals surface area (Å²) in [6, 6.07) is 21.2. The van der Waals surface area contributed by atoms with Crippen molar-refractivity contribution in [1.82, 2.24) is 5.32 Å². The fourth-order valence-corrected chi connectivity index (χ4v) is 2.46. The molecule has 0 amide bonds. The number of hydrogen-bond donors (Lipinski definition) is 1. The quantitative estimate of drug-likeness (QED) is 0.761. The topological polar surface area (TPSA) is 25.2 Å². The van der Waals surface area contributed by atoms with Gasteiger partial charge in [-0.05, 0) is 29.8 Å². The number of furan rings is 1. The van der Waals surface area contributed by atoms with E-state index in [1.54, 1.807) is 12.5 Å². The predicted molar refractivity (Wildman–Crippen MR) is 81.5 cm³/mol. The Hall–Kier alpha value is -2.32. The molecule has 1 unspecified atom stereocenters. The van der Waals surface area contributed by atoms with Gasteiger partial charge in [-0.2, -0.15) is 0 Å². The van der Waals surface area contributed by atoms with Crippen LogP contribution in [0.4, 0.5) is 0 Å². The van der Waals surface area contributed by atoms with Crippen LogP contribution < -0.4 is 5.32 Å². The molecule has 3 aromatic rings.